The fourth-order valence-electron chi connectivity index (χ4n) is 1.83. The van der Waals surface area contributed by atoms with Gasteiger partial charge in [-0.25, -0.2) is 8.78 Å². The molecule has 0 amide bonds. The van der Waals surface area contributed by atoms with Crippen LogP contribution in [-0.2, 0) is 0 Å². The van der Waals surface area contributed by atoms with Crippen molar-refractivity contribution in [1.29, 1.82) is 0 Å². The Morgan fingerprint density at radius 3 is 2.30 bits per heavy atom. The van der Waals surface area contributed by atoms with E-state index in [4.69, 9.17) is 22.1 Å². The lowest BCUT2D eigenvalue weighted by Gasteiger charge is -2.23. The van der Waals surface area contributed by atoms with Crippen molar-refractivity contribution in [3.05, 3.63) is 64.7 Å². The van der Waals surface area contributed by atoms with Crippen LogP contribution in [0.15, 0.2) is 42.5 Å². The van der Waals surface area contributed by atoms with Gasteiger partial charge in [-0.2, -0.15) is 0 Å². The minimum atomic E-state index is -0.516. The van der Waals surface area contributed by atoms with E-state index in [-0.39, 0.29) is 16.9 Å². The van der Waals surface area contributed by atoms with Crippen LogP contribution in [0.25, 0.3) is 0 Å². The number of hydrogen-bond acceptors (Lipinski definition) is 2. The standard InChI is InChI=1S/C15H14ClF2NO/c1-9(19)15(10-2-4-11(17)5-3-10)20-12-6-7-14(18)13(16)8-12/h2-9,15H,19H2,1H3. The molecule has 0 spiro atoms. The molecule has 2 rings (SSSR count). The van der Waals surface area contributed by atoms with Crippen LogP contribution in [0.5, 0.6) is 5.75 Å². The largest absolute Gasteiger partial charge is 0.484 e. The SMILES string of the molecule is CC(N)C(Oc1ccc(F)c(Cl)c1)c1ccc(F)cc1. The molecular weight excluding hydrogens is 284 g/mol. The second-order valence-corrected chi connectivity index (χ2v) is 4.93. The van der Waals surface area contributed by atoms with E-state index in [2.05, 4.69) is 0 Å². The molecule has 0 fully saturated rings. The summed E-state index contributed by atoms with van der Waals surface area (Å²) in [5, 5.41) is -0.0231. The van der Waals surface area contributed by atoms with Crippen molar-refractivity contribution in [2.45, 2.75) is 19.1 Å². The fourth-order valence-corrected chi connectivity index (χ4v) is 2.00. The minimum Gasteiger partial charge on any atom is -0.484 e. The molecule has 0 heterocycles. The van der Waals surface area contributed by atoms with Crippen LogP contribution in [0.2, 0.25) is 5.02 Å². The van der Waals surface area contributed by atoms with Crippen molar-refractivity contribution < 1.29 is 13.5 Å². The average Bonchev–Trinajstić information content (AvgIpc) is 2.41. The quantitative estimate of drug-likeness (QED) is 0.922. The third kappa shape index (κ3) is 3.46. The number of benzene rings is 2. The Morgan fingerprint density at radius 1 is 1.10 bits per heavy atom. The first-order valence-corrected chi connectivity index (χ1v) is 6.48. The van der Waals surface area contributed by atoms with E-state index >= 15 is 0 Å². The van der Waals surface area contributed by atoms with E-state index in [9.17, 15) is 8.78 Å². The van der Waals surface area contributed by atoms with Crippen molar-refractivity contribution in [2.24, 2.45) is 5.73 Å². The summed E-state index contributed by atoms with van der Waals surface area (Å²) in [4.78, 5) is 0. The van der Waals surface area contributed by atoms with Gasteiger partial charge in [0.15, 0.2) is 0 Å². The van der Waals surface area contributed by atoms with Crippen molar-refractivity contribution in [3.63, 3.8) is 0 Å². The monoisotopic (exact) mass is 297 g/mol. The Labute approximate surface area is 121 Å². The first-order chi connectivity index (χ1) is 9.47. The van der Waals surface area contributed by atoms with Gasteiger partial charge < -0.3 is 10.5 Å². The number of halogens is 3. The molecule has 0 saturated heterocycles. The third-order valence-electron chi connectivity index (χ3n) is 2.83. The topological polar surface area (TPSA) is 35.2 Å². The first kappa shape index (κ1) is 14.8. The molecule has 0 aliphatic rings. The number of nitrogens with two attached hydrogens (primary N) is 1. The minimum absolute atomic E-state index is 0.0231. The predicted octanol–water partition coefficient (Wildman–Crippen LogP) is 4.09. The van der Waals surface area contributed by atoms with Gasteiger partial charge in [-0.15, -0.1) is 0 Å². The van der Waals surface area contributed by atoms with Crippen LogP contribution < -0.4 is 10.5 Å². The smallest absolute Gasteiger partial charge is 0.142 e. The molecule has 2 unspecified atom stereocenters. The van der Waals surface area contributed by atoms with E-state index in [0.29, 0.717) is 5.75 Å². The number of ether oxygens (including phenoxy) is 1. The van der Waals surface area contributed by atoms with E-state index < -0.39 is 11.9 Å². The Hall–Kier alpha value is -1.65. The molecule has 0 radical (unpaired) electrons. The zero-order valence-corrected chi connectivity index (χ0v) is 11.6. The van der Waals surface area contributed by atoms with Gasteiger partial charge in [-0.1, -0.05) is 23.7 Å². The van der Waals surface area contributed by atoms with Gasteiger partial charge >= 0.3 is 0 Å². The molecule has 2 aromatic carbocycles. The lowest BCUT2D eigenvalue weighted by molar-refractivity contribution is 0.180. The molecule has 106 valence electrons. The van der Waals surface area contributed by atoms with Gasteiger partial charge in [0, 0.05) is 12.1 Å². The lowest BCUT2D eigenvalue weighted by atomic mass is 10.0. The highest BCUT2D eigenvalue weighted by atomic mass is 35.5. The van der Waals surface area contributed by atoms with Crippen LogP contribution in [0.4, 0.5) is 8.78 Å². The van der Waals surface area contributed by atoms with E-state index in [1.54, 1.807) is 19.1 Å². The van der Waals surface area contributed by atoms with Crippen molar-refractivity contribution in [2.75, 3.05) is 0 Å². The molecule has 2 N–H and O–H groups in total. The highest BCUT2D eigenvalue weighted by Crippen LogP contribution is 2.27. The maximum Gasteiger partial charge on any atom is 0.142 e. The summed E-state index contributed by atoms with van der Waals surface area (Å²) in [5.74, 6) is -0.442. The zero-order chi connectivity index (χ0) is 14.7. The molecule has 0 aliphatic carbocycles. The van der Waals surface area contributed by atoms with Gasteiger partial charge in [0.05, 0.1) is 5.02 Å². The molecule has 0 bridgehead atoms. The highest BCUT2D eigenvalue weighted by Gasteiger charge is 2.18. The summed E-state index contributed by atoms with van der Waals surface area (Å²) in [6.45, 7) is 1.78. The van der Waals surface area contributed by atoms with Gasteiger partial charge in [-0.05, 0) is 36.8 Å². The second-order valence-electron chi connectivity index (χ2n) is 4.53. The molecule has 5 heteroatoms. The molecule has 2 aromatic rings. The maximum absolute atomic E-state index is 13.1. The van der Waals surface area contributed by atoms with Crippen molar-refractivity contribution in [1.82, 2.24) is 0 Å². The summed E-state index contributed by atoms with van der Waals surface area (Å²) in [6.07, 6.45) is -0.475. The fraction of sp³-hybridized carbons (Fsp3) is 0.200. The van der Waals surface area contributed by atoms with Gasteiger partial charge in [-0.3, -0.25) is 0 Å². The van der Waals surface area contributed by atoms with Crippen LogP contribution in [-0.4, -0.2) is 6.04 Å². The van der Waals surface area contributed by atoms with Crippen LogP contribution in [0, 0.1) is 11.6 Å². The maximum atomic E-state index is 13.1. The molecule has 2 atom stereocenters. The van der Waals surface area contributed by atoms with Crippen LogP contribution >= 0.6 is 11.6 Å². The van der Waals surface area contributed by atoms with E-state index in [1.807, 2.05) is 0 Å². The summed E-state index contributed by atoms with van der Waals surface area (Å²) in [6, 6.07) is 9.64. The molecule has 20 heavy (non-hydrogen) atoms. The summed E-state index contributed by atoms with van der Waals surface area (Å²) >= 11 is 5.71. The second kappa shape index (κ2) is 6.20. The van der Waals surface area contributed by atoms with Gasteiger partial charge in [0.25, 0.3) is 0 Å². The zero-order valence-electron chi connectivity index (χ0n) is 10.8. The summed E-state index contributed by atoms with van der Waals surface area (Å²) in [7, 11) is 0. The third-order valence-corrected chi connectivity index (χ3v) is 3.12. The summed E-state index contributed by atoms with van der Waals surface area (Å²) in [5.41, 5.74) is 6.63. The molecule has 0 aliphatic heterocycles. The Morgan fingerprint density at radius 2 is 1.75 bits per heavy atom. The van der Waals surface area contributed by atoms with Gasteiger partial charge in [0.1, 0.15) is 23.5 Å². The summed E-state index contributed by atoms with van der Waals surface area (Å²) < 4.78 is 31.8. The molecule has 2 nitrogen and oxygen atoms in total. The Balaban J connectivity index is 2.25. The van der Waals surface area contributed by atoms with Crippen molar-refractivity contribution in [3.8, 4) is 5.75 Å². The first-order valence-electron chi connectivity index (χ1n) is 6.10. The Kier molecular flexibility index (Phi) is 4.57. The lowest BCUT2D eigenvalue weighted by Crippen LogP contribution is -2.29. The average molecular weight is 298 g/mol. The van der Waals surface area contributed by atoms with E-state index in [1.165, 1.54) is 30.3 Å². The number of rotatable bonds is 4. The normalized spacial score (nSPS) is 13.8. The predicted molar refractivity (Wildman–Crippen MR) is 74.8 cm³/mol. The number of hydrogen-bond donors (Lipinski definition) is 1. The molecule has 0 aromatic heterocycles. The van der Waals surface area contributed by atoms with Crippen molar-refractivity contribution >= 4 is 11.6 Å². The van der Waals surface area contributed by atoms with Crippen LogP contribution in [0.3, 0.4) is 0 Å². The van der Waals surface area contributed by atoms with E-state index in [0.717, 1.165) is 5.56 Å². The highest BCUT2D eigenvalue weighted by molar-refractivity contribution is 6.30. The molecule has 0 saturated carbocycles. The van der Waals surface area contributed by atoms with Crippen LogP contribution in [0.1, 0.15) is 18.6 Å². The van der Waals surface area contributed by atoms with Gasteiger partial charge in [0.2, 0.25) is 0 Å². The molecular formula is C15H14ClF2NO. The Bertz CT molecular complexity index is 587.